The predicted molar refractivity (Wildman–Crippen MR) is 115 cm³/mol. The fourth-order valence-corrected chi connectivity index (χ4v) is 5.14. The number of nitrogen functional groups attached to an aromatic ring is 1. The molecule has 0 aliphatic heterocycles. The van der Waals surface area contributed by atoms with Crippen LogP contribution >= 0.6 is 23.2 Å². The summed E-state index contributed by atoms with van der Waals surface area (Å²) in [7, 11) is -3.91. The largest absolute Gasteiger partial charge is 0.396 e. The van der Waals surface area contributed by atoms with Crippen LogP contribution < -0.4 is 15.8 Å². The number of nitrogens with two attached hydrogens (primary N) is 1. The van der Waals surface area contributed by atoms with Gasteiger partial charge in [0.05, 0.1) is 26.7 Å². The Hall–Kier alpha value is -1.80. The molecule has 0 unspecified atom stereocenters. The number of sulfonamides is 1. The van der Waals surface area contributed by atoms with E-state index < -0.39 is 22.0 Å². The molecular formula is C19H23Cl2N3O3S. The zero-order chi connectivity index (χ0) is 21.4. The first-order chi connectivity index (χ1) is 12.8. The van der Waals surface area contributed by atoms with Gasteiger partial charge in [0.2, 0.25) is 15.9 Å². The molecule has 0 saturated carbocycles. The Kier molecular flexibility index (Phi) is 6.66. The van der Waals surface area contributed by atoms with Crippen LogP contribution in [0.2, 0.25) is 10.0 Å². The minimum Gasteiger partial charge on any atom is -0.396 e. The molecule has 0 bridgehead atoms. The number of amides is 1. The summed E-state index contributed by atoms with van der Waals surface area (Å²) in [4.78, 5) is 12.7. The third kappa shape index (κ3) is 4.60. The smallest absolute Gasteiger partial charge is 0.242 e. The predicted octanol–water partition coefficient (Wildman–Crippen LogP) is 4.11. The van der Waals surface area contributed by atoms with Crippen molar-refractivity contribution in [2.75, 3.05) is 11.1 Å². The average Bonchev–Trinajstić information content (AvgIpc) is 2.57. The van der Waals surface area contributed by atoms with Gasteiger partial charge in [-0.25, -0.2) is 8.42 Å². The third-order valence-electron chi connectivity index (χ3n) is 4.64. The molecule has 2 aromatic rings. The van der Waals surface area contributed by atoms with Gasteiger partial charge in [0.25, 0.3) is 0 Å². The van der Waals surface area contributed by atoms with Crippen LogP contribution in [-0.2, 0) is 14.8 Å². The fraction of sp³-hybridized carbons (Fsp3) is 0.316. The van der Waals surface area contributed by atoms with Crippen molar-refractivity contribution in [2.45, 2.75) is 45.6 Å². The Morgan fingerprint density at radius 3 is 1.93 bits per heavy atom. The van der Waals surface area contributed by atoms with Crippen molar-refractivity contribution in [3.8, 4) is 0 Å². The Morgan fingerprint density at radius 1 is 1.00 bits per heavy atom. The van der Waals surface area contributed by atoms with E-state index in [0.717, 1.165) is 11.1 Å². The van der Waals surface area contributed by atoms with Crippen LogP contribution in [0, 0.1) is 27.7 Å². The second-order valence-electron chi connectivity index (χ2n) is 6.78. The maximum absolute atomic E-state index is 12.9. The lowest BCUT2D eigenvalue weighted by atomic mass is 10.0. The monoisotopic (exact) mass is 443 g/mol. The van der Waals surface area contributed by atoms with Gasteiger partial charge in [0.15, 0.2) is 0 Å². The topological polar surface area (TPSA) is 101 Å². The van der Waals surface area contributed by atoms with Crippen molar-refractivity contribution in [1.29, 1.82) is 0 Å². The molecule has 0 aliphatic carbocycles. The van der Waals surface area contributed by atoms with E-state index in [2.05, 4.69) is 10.0 Å². The Labute approximate surface area is 175 Å². The number of carbonyl (C=O) groups excluding carboxylic acids is 1. The van der Waals surface area contributed by atoms with Crippen molar-refractivity contribution in [3.63, 3.8) is 0 Å². The number of hydrogen-bond donors (Lipinski definition) is 3. The van der Waals surface area contributed by atoms with Gasteiger partial charge in [0, 0.05) is 5.69 Å². The molecule has 9 heteroatoms. The lowest BCUT2D eigenvalue weighted by molar-refractivity contribution is -0.117. The van der Waals surface area contributed by atoms with Crippen LogP contribution in [0.25, 0.3) is 0 Å². The maximum Gasteiger partial charge on any atom is 0.242 e. The van der Waals surface area contributed by atoms with Crippen LogP contribution in [0.3, 0.4) is 0 Å². The van der Waals surface area contributed by atoms with E-state index >= 15 is 0 Å². The molecule has 0 radical (unpaired) electrons. The molecular weight excluding hydrogens is 421 g/mol. The van der Waals surface area contributed by atoms with Gasteiger partial charge in [-0.2, -0.15) is 4.72 Å². The average molecular weight is 444 g/mol. The number of benzene rings is 2. The Balaban J connectivity index is 2.27. The van der Waals surface area contributed by atoms with E-state index in [9.17, 15) is 13.2 Å². The second-order valence-corrected chi connectivity index (χ2v) is 9.24. The SMILES string of the molecule is Cc1cc(C)c(C)c(S(=O)(=O)N[C@@H](C)C(=O)Nc2cc(Cl)c(N)c(Cl)c2)c1C. The van der Waals surface area contributed by atoms with Gasteiger partial charge in [-0.1, -0.05) is 29.3 Å². The summed E-state index contributed by atoms with van der Waals surface area (Å²) in [5, 5.41) is 2.97. The van der Waals surface area contributed by atoms with Crippen molar-refractivity contribution in [2.24, 2.45) is 0 Å². The van der Waals surface area contributed by atoms with E-state index in [1.165, 1.54) is 19.1 Å². The highest BCUT2D eigenvalue weighted by atomic mass is 35.5. The van der Waals surface area contributed by atoms with Crippen molar-refractivity contribution < 1.29 is 13.2 Å². The molecule has 2 aromatic carbocycles. The summed E-state index contributed by atoms with van der Waals surface area (Å²) < 4.78 is 28.3. The van der Waals surface area contributed by atoms with E-state index in [-0.39, 0.29) is 20.6 Å². The molecule has 0 aromatic heterocycles. The van der Waals surface area contributed by atoms with Crippen molar-refractivity contribution >= 4 is 50.5 Å². The number of carbonyl (C=O) groups is 1. The second kappa shape index (κ2) is 8.29. The summed E-state index contributed by atoms with van der Waals surface area (Å²) >= 11 is 11.9. The van der Waals surface area contributed by atoms with E-state index in [0.29, 0.717) is 16.8 Å². The molecule has 152 valence electrons. The summed E-state index contributed by atoms with van der Waals surface area (Å²) in [5.41, 5.74) is 9.24. The molecule has 0 spiro atoms. The van der Waals surface area contributed by atoms with Crippen LogP contribution in [0.1, 0.15) is 29.2 Å². The van der Waals surface area contributed by atoms with Crippen molar-refractivity contribution in [1.82, 2.24) is 4.72 Å². The number of nitrogens with one attached hydrogen (secondary N) is 2. The third-order valence-corrected chi connectivity index (χ3v) is 7.08. The fourth-order valence-electron chi connectivity index (χ4n) is 2.84. The minimum atomic E-state index is -3.91. The van der Waals surface area contributed by atoms with Crippen LogP contribution in [0.15, 0.2) is 23.1 Å². The summed E-state index contributed by atoms with van der Waals surface area (Å²) in [6.07, 6.45) is 0. The zero-order valence-electron chi connectivity index (χ0n) is 16.3. The summed E-state index contributed by atoms with van der Waals surface area (Å²) in [6, 6.07) is 3.80. The first kappa shape index (κ1) is 22.5. The number of halogens is 2. The summed E-state index contributed by atoms with van der Waals surface area (Å²) in [6.45, 7) is 8.66. The zero-order valence-corrected chi connectivity index (χ0v) is 18.6. The van der Waals surface area contributed by atoms with Crippen LogP contribution in [-0.4, -0.2) is 20.4 Å². The molecule has 28 heavy (non-hydrogen) atoms. The molecule has 1 atom stereocenters. The molecule has 1 amide bonds. The number of anilines is 2. The molecule has 2 rings (SSSR count). The number of hydrogen-bond acceptors (Lipinski definition) is 4. The van der Waals surface area contributed by atoms with Crippen molar-refractivity contribution in [3.05, 3.63) is 50.5 Å². The van der Waals surface area contributed by atoms with E-state index in [1.807, 2.05) is 19.9 Å². The Morgan fingerprint density at radius 2 is 1.46 bits per heavy atom. The Bertz CT molecular complexity index is 1000. The standard InChI is InChI=1S/C19H23Cl2N3O3S/c1-9-6-10(2)12(4)18(11(9)3)28(26,27)24-13(5)19(25)23-14-7-15(20)17(22)16(21)8-14/h6-8,13,24H,22H2,1-5H3,(H,23,25)/t13-/m0/s1. The quantitative estimate of drug-likeness (QED) is 0.604. The molecule has 0 aliphatic rings. The van der Waals surface area contributed by atoms with Gasteiger partial charge in [-0.05, 0) is 69.0 Å². The van der Waals surface area contributed by atoms with E-state index in [4.69, 9.17) is 28.9 Å². The van der Waals surface area contributed by atoms with Crippen LogP contribution in [0.4, 0.5) is 11.4 Å². The normalized spacial score (nSPS) is 12.7. The first-order valence-electron chi connectivity index (χ1n) is 8.50. The number of rotatable bonds is 5. The minimum absolute atomic E-state index is 0.192. The summed E-state index contributed by atoms with van der Waals surface area (Å²) in [5.74, 6) is -0.555. The van der Waals surface area contributed by atoms with E-state index in [1.54, 1.807) is 13.8 Å². The highest BCUT2D eigenvalue weighted by molar-refractivity contribution is 7.89. The lowest BCUT2D eigenvalue weighted by Crippen LogP contribution is -2.42. The van der Waals surface area contributed by atoms with Crippen LogP contribution in [0.5, 0.6) is 0 Å². The maximum atomic E-state index is 12.9. The van der Waals surface area contributed by atoms with Gasteiger partial charge >= 0.3 is 0 Å². The van der Waals surface area contributed by atoms with Gasteiger partial charge in [-0.15, -0.1) is 0 Å². The highest BCUT2D eigenvalue weighted by Gasteiger charge is 2.26. The first-order valence-corrected chi connectivity index (χ1v) is 10.7. The van der Waals surface area contributed by atoms with Gasteiger partial charge in [0.1, 0.15) is 0 Å². The molecule has 0 heterocycles. The van der Waals surface area contributed by atoms with Gasteiger partial charge < -0.3 is 11.1 Å². The molecule has 6 nitrogen and oxygen atoms in total. The highest BCUT2D eigenvalue weighted by Crippen LogP contribution is 2.31. The molecule has 0 saturated heterocycles. The molecule has 4 N–H and O–H groups in total. The number of aryl methyl sites for hydroxylation is 2. The molecule has 0 fully saturated rings. The lowest BCUT2D eigenvalue weighted by Gasteiger charge is -2.19. The van der Waals surface area contributed by atoms with Gasteiger partial charge in [-0.3, -0.25) is 4.79 Å².